The fourth-order valence-corrected chi connectivity index (χ4v) is 3.97. The zero-order chi connectivity index (χ0) is 21.6. The zero-order valence-corrected chi connectivity index (χ0v) is 17.1. The van der Waals surface area contributed by atoms with Crippen LogP contribution < -0.4 is 0 Å². The van der Waals surface area contributed by atoms with E-state index in [0.29, 0.717) is 51.3 Å². The smallest absolute Gasteiger partial charge is 0.302 e. The lowest BCUT2D eigenvalue weighted by atomic mass is 9.91. The van der Waals surface area contributed by atoms with Gasteiger partial charge < -0.3 is 19.3 Å². The molecule has 1 aromatic carbocycles. The van der Waals surface area contributed by atoms with Crippen molar-refractivity contribution in [1.82, 2.24) is 9.80 Å². The third kappa shape index (κ3) is 5.24. The van der Waals surface area contributed by atoms with E-state index in [4.69, 9.17) is 9.47 Å². The first-order valence-electron chi connectivity index (χ1n) is 10.1. The molecule has 0 N–H and O–H groups in total. The largest absolute Gasteiger partial charge is 0.463 e. The number of likely N-dealkylation sites (tertiary alicyclic amines) is 1. The van der Waals surface area contributed by atoms with Crippen LogP contribution in [0.1, 0.15) is 31.7 Å². The third-order valence-electron chi connectivity index (χ3n) is 5.56. The van der Waals surface area contributed by atoms with Gasteiger partial charge in [0.25, 0.3) is 0 Å². The van der Waals surface area contributed by atoms with Crippen molar-refractivity contribution in [3.63, 3.8) is 0 Å². The number of hydrogen-bond donors (Lipinski definition) is 0. The fourth-order valence-electron chi connectivity index (χ4n) is 3.97. The van der Waals surface area contributed by atoms with Crippen molar-refractivity contribution in [1.29, 1.82) is 0 Å². The van der Waals surface area contributed by atoms with Gasteiger partial charge in [0.2, 0.25) is 11.8 Å². The average Bonchev–Trinajstić information content (AvgIpc) is 3.16. The molecule has 2 heterocycles. The second kappa shape index (κ2) is 9.84. The number of esters is 1. The van der Waals surface area contributed by atoms with Crippen molar-refractivity contribution in [2.24, 2.45) is 0 Å². The molecule has 0 aromatic heterocycles. The second-order valence-corrected chi connectivity index (χ2v) is 7.62. The highest BCUT2D eigenvalue weighted by Gasteiger charge is 2.46. The summed E-state index contributed by atoms with van der Waals surface area (Å²) in [6.45, 7) is 3.67. The maximum atomic E-state index is 13.9. The average molecular weight is 418 g/mol. The van der Waals surface area contributed by atoms with Crippen molar-refractivity contribution < 1.29 is 28.2 Å². The number of rotatable bonds is 6. The van der Waals surface area contributed by atoms with Gasteiger partial charge in [0, 0.05) is 38.2 Å². The van der Waals surface area contributed by atoms with E-state index in [1.807, 2.05) is 0 Å². The van der Waals surface area contributed by atoms with E-state index < -0.39 is 17.3 Å². The molecule has 162 valence electrons. The summed E-state index contributed by atoms with van der Waals surface area (Å²) in [5.41, 5.74) is -0.599. The minimum absolute atomic E-state index is 0.0440. The fraction of sp³-hybridized carbons (Fsp3) is 0.500. The lowest BCUT2D eigenvalue weighted by molar-refractivity contribution is -0.152. The molecule has 3 rings (SSSR count). The summed E-state index contributed by atoms with van der Waals surface area (Å²) in [6.07, 6.45) is 4.05. The third-order valence-corrected chi connectivity index (χ3v) is 5.56. The molecule has 7 nitrogen and oxygen atoms in total. The minimum atomic E-state index is -0.905. The molecular formula is C22H27FN2O5. The zero-order valence-electron chi connectivity index (χ0n) is 17.1. The van der Waals surface area contributed by atoms with Crippen LogP contribution in [0, 0.1) is 5.82 Å². The molecule has 2 saturated heterocycles. The van der Waals surface area contributed by atoms with E-state index in [9.17, 15) is 18.8 Å². The monoisotopic (exact) mass is 418 g/mol. The first-order chi connectivity index (χ1) is 14.4. The number of carbonyl (C=O) groups is 3. The van der Waals surface area contributed by atoms with E-state index >= 15 is 0 Å². The van der Waals surface area contributed by atoms with Crippen molar-refractivity contribution >= 4 is 23.9 Å². The number of amides is 2. The van der Waals surface area contributed by atoms with Gasteiger partial charge in [0.05, 0.1) is 25.2 Å². The van der Waals surface area contributed by atoms with Crippen LogP contribution in [-0.4, -0.2) is 72.6 Å². The van der Waals surface area contributed by atoms with Gasteiger partial charge in [0.15, 0.2) is 0 Å². The maximum absolute atomic E-state index is 13.9. The highest BCUT2D eigenvalue weighted by Crippen LogP contribution is 2.34. The van der Waals surface area contributed by atoms with Crippen LogP contribution in [0.15, 0.2) is 30.3 Å². The molecule has 1 atom stereocenters. The highest BCUT2D eigenvalue weighted by atomic mass is 19.1. The summed E-state index contributed by atoms with van der Waals surface area (Å²) < 4.78 is 24.4. The van der Waals surface area contributed by atoms with Crippen molar-refractivity contribution in [2.75, 3.05) is 39.5 Å². The number of carbonyl (C=O) groups excluding carboxylic acids is 3. The van der Waals surface area contributed by atoms with E-state index in [0.717, 1.165) is 0 Å². The second-order valence-electron chi connectivity index (χ2n) is 7.62. The summed E-state index contributed by atoms with van der Waals surface area (Å²) in [5.74, 6) is -1.31. The summed E-state index contributed by atoms with van der Waals surface area (Å²) in [5, 5.41) is 0. The van der Waals surface area contributed by atoms with Gasteiger partial charge in [-0.05, 0) is 25.0 Å². The number of nitrogens with zero attached hydrogens (tertiary/aromatic N) is 2. The van der Waals surface area contributed by atoms with Crippen LogP contribution >= 0.6 is 0 Å². The minimum Gasteiger partial charge on any atom is -0.463 e. The molecule has 2 amide bonds. The first kappa shape index (κ1) is 22.0. The Bertz CT molecular complexity index is 822. The summed E-state index contributed by atoms with van der Waals surface area (Å²) in [7, 11) is 0. The normalized spacial score (nSPS) is 21.8. The first-order valence-corrected chi connectivity index (χ1v) is 10.1. The Hall–Kier alpha value is -2.74. The van der Waals surface area contributed by atoms with Crippen LogP contribution in [0.5, 0.6) is 0 Å². The Balaban J connectivity index is 1.79. The number of benzene rings is 1. The number of halogens is 1. The van der Waals surface area contributed by atoms with Gasteiger partial charge in [-0.3, -0.25) is 14.4 Å². The quantitative estimate of drug-likeness (QED) is 0.522. The predicted molar refractivity (Wildman–Crippen MR) is 108 cm³/mol. The maximum Gasteiger partial charge on any atom is 0.302 e. The van der Waals surface area contributed by atoms with Crippen LogP contribution in [0.4, 0.5) is 4.39 Å². The molecule has 0 aliphatic carbocycles. The highest BCUT2D eigenvalue weighted by molar-refractivity contribution is 5.93. The predicted octanol–water partition coefficient (Wildman–Crippen LogP) is 2.01. The Morgan fingerprint density at radius 2 is 1.93 bits per heavy atom. The summed E-state index contributed by atoms with van der Waals surface area (Å²) in [6, 6.07) is 6.18. The van der Waals surface area contributed by atoms with Gasteiger partial charge in [0.1, 0.15) is 12.4 Å². The Morgan fingerprint density at radius 3 is 2.63 bits per heavy atom. The molecule has 2 fully saturated rings. The van der Waals surface area contributed by atoms with E-state index in [-0.39, 0.29) is 24.8 Å². The molecule has 0 saturated carbocycles. The molecule has 0 spiro atoms. The molecule has 30 heavy (non-hydrogen) atoms. The topological polar surface area (TPSA) is 76.2 Å². The van der Waals surface area contributed by atoms with E-state index in [1.54, 1.807) is 28.0 Å². The molecule has 1 aromatic rings. The lowest BCUT2D eigenvalue weighted by Gasteiger charge is -2.39. The molecule has 2 aliphatic rings. The number of hydrogen-bond acceptors (Lipinski definition) is 5. The van der Waals surface area contributed by atoms with Crippen molar-refractivity contribution in [3.05, 3.63) is 41.7 Å². The van der Waals surface area contributed by atoms with E-state index in [1.165, 1.54) is 25.1 Å². The molecule has 1 unspecified atom stereocenters. The van der Waals surface area contributed by atoms with Crippen LogP contribution in [0.25, 0.3) is 6.08 Å². The van der Waals surface area contributed by atoms with Crippen molar-refractivity contribution in [3.8, 4) is 0 Å². The molecule has 2 aliphatic heterocycles. The Labute approximate surface area is 175 Å². The van der Waals surface area contributed by atoms with Gasteiger partial charge in [-0.2, -0.15) is 0 Å². The van der Waals surface area contributed by atoms with Crippen LogP contribution in [-0.2, 0) is 23.9 Å². The lowest BCUT2D eigenvalue weighted by Crippen LogP contribution is -2.54. The molecule has 0 radical (unpaired) electrons. The SMILES string of the molecule is CC(=O)OCC1(CC(=O)N2CCOCC2)CCCN1C(=O)/C=C/c1ccccc1F. The van der Waals surface area contributed by atoms with Gasteiger partial charge in [-0.1, -0.05) is 18.2 Å². The summed E-state index contributed by atoms with van der Waals surface area (Å²) >= 11 is 0. The van der Waals surface area contributed by atoms with Crippen molar-refractivity contribution in [2.45, 2.75) is 31.7 Å². The van der Waals surface area contributed by atoms with Crippen LogP contribution in [0.2, 0.25) is 0 Å². The molecule has 0 bridgehead atoms. The Morgan fingerprint density at radius 1 is 1.20 bits per heavy atom. The van der Waals surface area contributed by atoms with E-state index in [2.05, 4.69) is 0 Å². The van der Waals surface area contributed by atoms with Gasteiger partial charge in [-0.15, -0.1) is 0 Å². The standard InChI is InChI=1S/C22H27FN2O5/c1-17(26)30-16-22(15-21(28)24-11-13-29-14-12-24)9-4-10-25(22)20(27)8-7-18-5-2-3-6-19(18)23/h2-3,5-8H,4,9-16H2,1H3/b8-7+. The molecule has 8 heteroatoms. The summed E-state index contributed by atoms with van der Waals surface area (Å²) in [4.78, 5) is 40.7. The Kier molecular flexibility index (Phi) is 7.20. The molecular weight excluding hydrogens is 391 g/mol. The van der Waals surface area contributed by atoms with Crippen LogP contribution in [0.3, 0.4) is 0 Å². The number of morpholine rings is 1. The van der Waals surface area contributed by atoms with Gasteiger partial charge >= 0.3 is 5.97 Å². The van der Waals surface area contributed by atoms with Gasteiger partial charge in [-0.25, -0.2) is 4.39 Å². The number of ether oxygens (including phenoxy) is 2.